The van der Waals surface area contributed by atoms with E-state index in [0.717, 1.165) is 16.9 Å². The van der Waals surface area contributed by atoms with Crippen LogP contribution in [0.2, 0.25) is 0 Å². The number of nitrogens with one attached hydrogen (secondary N) is 1. The molecule has 1 rings (SSSR count). The lowest BCUT2D eigenvalue weighted by atomic mass is 10.2. The van der Waals surface area contributed by atoms with Gasteiger partial charge in [0.15, 0.2) is 0 Å². The minimum absolute atomic E-state index is 0.0322. The lowest BCUT2D eigenvalue weighted by molar-refractivity contribution is -0.141. The number of carbonyl (C=O) groups is 2. The van der Waals surface area contributed by atoms with Gasteiger partial charge in [-0.25, -0.2) is 4.79 Å². The molecular weight excluding hydrogens is 278 g/mol. The molecule has 0 fully saturated rings. The van der Waals surface area contributed by atoms with Crippen molar-refractivity contribution in [3.63, 3.8) is 0 Å². The predicted molar refractivity (Wildman–Crippen MR) is 78.4 cm³/mol. The first-order valence-electron chi connectivity index (χ1n) is 6.29. The van der Waals surface area contributed by atoms with Crippen molar-refractivity contribution >= 4 is 23.6 Å². The summed E-state index contributed by atoms with van der Waals surface area (Å²) in [5.74, 6) is 0.0898. The van der Waals surface area contributed by atoms with Crippen LogP contribution in [0, 0.1) is 0 Å². The summed E-state index contributed by atoms with van der Waals surface area (Å²) in [4.78, 5) is 21.8. The van der Waals surface area contributed by atoms with E-state index in [4.69, 9.17) is 10.2 Å². The van der Waals surface area contributed by atoms with E-state index in [2.05, 4.69) is 5.32 Å². The van der Waals surface area contributed by atoms with Gasteiger partial charge in [0.25, 0.3) is 0 Å². The zero-order valence-corrected chi connectivity index (χ0v) is 12.2. The lowest BCUT2D eigenvalue weighted by Crippen LogP contribution is -2.39. The highest BCUT2D eigenvalue weighted by Gasteiger charge is 2.17. The van der Waals surface area contributed by atoms with Crippen LogP contribution in [-0.4, -0.2) is 33.9 Å². The third kappa shape index (κ3) is 6.08. The molecule has 0 saturated heterocycles. The largest absolute Gasteiger partial charge is 0.480 e. The molecule has 110 valence electrons. The van der Waals surface area contributed by atoms with Crippen LogP contribution in [0.1, 0.15) is 24.5 Å². The third-order valence-corrected chi connectivity index (χ3v) is 3.76. The van der Waals surface area contributed by atoms with E-state index in [0.29, 0.717) is 12.2 Å². The molecule has 0 aliphatic heterocycles. The normalized spacial score (nSPS) is 11.9. The van der Waals surface area contributed by atoms with E-state index in [1.807, 2.05) is 24.3 Å². The number of hydrogen-bond donors (Lipinski definition) is 3. The Hall–Kier alpha value is -1.53. The van der Waals surface area contributed by atoms with Crippen molar-refractivity contribution in [2.75, 3.05) is 5.75 Å². The maximum Gasteiger partial charge on any atom is 0.326 e. The van der Waals surface area contributed by atoms with E-state index in [1.54, 1.807) is 11.8 Å². The molecule has 3 N–H and O–H groups in total. The van der Waals surface area contributed by atoms with Gasteiger partial charge in [0.05, 0.1) is 6.61 Å². The molecule has 0 bridgehead atoms. The van der Waals surface area contributed by atoms with Crippen LogP contribution in [0.15, 0.2) is 24.3 Å². The van der Waals surface area contributed by atoms with E-state index < -0.39 is 12.0 Å². The summed E-state index contributed by atoms with van der Waals surface area (Å²) < 4.78 is 0. The van der Waals surface area contributed by atoms with Gasteiger partial charge in [-0.05, 0) is 23.3 Å². The summed E-state index contributed by atoms with van der Waals surface area (Å²) in [7, 11) is 0. The molecular formula is C14H19NO4S. The van der Waals surface area contributed by atoms with Gasteiger partial charge in [-0.15, -0.1) is 0 Å². The highest BCUT2D eigenvalue weighted by Crippen LogP contribution is 2.15. The number of carbonyl (C=O) groups excluding carboxylic acids is 1. The molecule has 20 heavy (non-hydrogen) atoms. The molecule has 0 aliphatic carbocycles. The van der Waals surface area contributed by atoms with Crippen LogP contribution >= 0.6 is 11.8 Å². The molecule has 1 aromatic carbocycles. The van der Waals surface area contributed by atoms with E-state index >= 15 is 0 Å². The maximum absolute atomic E-state index is 10.9. The average molecular weight is 297 g/mol. The van der Waals surface area contributed by atoms with Gasteiger partial charge in [0.2, 0.25) is 5.91 Å². The molecule has 0 heterocycles. The van der Waals surface area contributed by atoms with Crippen LogP contribution in [0.3, 0.4) is 0 Å². The molecule has 6 heteroatoms. The summed E-state index contributed by atoms with van der Waals surface area (Å²) in [5.41, 5.74) is 1.99. The van der Waals surface area contributed by atoms with Crippen molar-refractivity contribution in [3.8, 4) is 0 Å². The van der Waals surface area contributed by atoms with Crippen molar-refractivity contribution in [3.05, 3.63) is 35.4 Å². The van der Waals surface area contributed by atoms with Gasteiger partial charge < -0.3 is 15.5 Å². The zero-order valence-electron chi connectivity index (χ0n) is 11.3. The van der Waals surface area contributed by atoms with Crippen molar-refractivity contribution in [1.82, 2.24) is 5.32 Å². The van der Waals surface area contributed by atoms with Gasteiger partial charge in [0, 0.05) is 12.7 Å². The Bertz CT molecular complexity index is 447. The number of amides is 1. The fourth-order valence-electron chi connectivity index (χ4n) is 1.63. The Kier molecular flexibility index (Phi) is 7.11. The number of hydrogen-bond acceptors (Lipinski definition) is 4. The first-order valence-corrected chi connectivity index (χ1v) is 7.44. The van der Waals surface area contributed by atoms with Gasteiger partial charge in [0.1, 0.15) is 6.04 Å². The van der Waals surface area contributed by atoms with Crippen molar-refractivity contribution < 1.29 is 19.8 Å². The van der Waals surface area contributed by atoms with Crippen molar-refractivity contribution in [1.29, 1.82) is 0 Å². The molecule has 0 saturated carbocycles. The molecule has 0 spiro atoms. The number of rotatable bonds is 8. The standard InChI is InChI=1S/C14H19NO4S/c1-10(17)15-13(14(18)19)6-7-20-9-12-4-2-11(8-16)3-5-12/h2-5,13,16H,6-9H2,1H3,(H,15,17)(H,18,19). The number of carboxylic acid groups (broad SMARTS) is 1. The minimum atomic E-state index is -1.01. The number of thioether (sulfide) groups is 1. The fraction of sp³-hybridized carbons (Fsp3) is 0.429. The second-order valence-electron chi connectivity index (χ2n) is 4.41. The molecule has 0 aromatic heterocycles. The van der Waals surface area contributed by atoms with Crippen LogP contribution in [0.4, 0.5) is 0 Å². The second kappa shape index (κ2) is 8.60. The molecule has 5 nitrogen and oxygen atoms in total. The highest BCUT2D eigenvalue weighted by atomic mass is 32.2. The summed E-state index contributed by atoms with van der Waals surface area (Å²) in [6.07, 6.45) is 0.397. The number of aliphatic hydroxyl groups excluding tert-OH is 1. The Balaban J connectivity index is 2.32. The van der Waals surface area contributed by atoms with Crippen LogP contribution in [-0.2, 0) is 21.9 Å². The van der Waals surface area contributed by atoms with Gasteiger partial charge >= 0.3 is 5.97 Å². The minimum Gasteiger partial charge on any atom is -0.480 e. The summed E-state index contributed by atoms with van der Waals surface area (Å²) >= 11 is 1.62. The average Bonchev–Trinajstić information content (AvgIpc) is 2.42. The Morgan fingerprint density at radius 3 is 2.35 bits per heavy atom. The first-order chi connectivity index (χ1) is 9.52. The maximum atomic E-state index is 10.9. The summed E-state index contributed by atoms with van der Waals surface area (Å²) in [5, 5.41) is 20.3. The monoisotopic (exact) mass is 297 g/mol. The van der Waals surface area contributed by atoms with Crippen LogP contribution in [0.25, 0.3) is 0 Å². The topological polar surface area (TPSA) is 86.6 Å². The molecule has 1 amide bonds. The van der Waals surface area contributed by atoms with Crippen LogP contribution in [0.5, 0.6) is 0 Å². The fourth-order valence-corrected chi connectivity index (χ4v) is 2.61. The number of aliphatic carboxylic acids is 1. The number of aliphatic hydroxyl groups is 1. The van der Waals surface area contributed by atoms with Gasteiger partial charge in [-0.2, -0.15) is 11.8 Å². The zero-order chi connectivity index (χ0) is 15.0. The van der Waals surface area contributed by atoms with E-state index in [9.17, 15) is 9.59 Å². The van der Waals surface area contributed by atoms with E-state index in [1.165, 1.54) is 6.92 Å². The number of benzene rings is 1. The van der Waals surface area contributed by atoms with E-state index in [-0.39, 0.29) is 12.5 Å². The highest BCUT2D eigenvalue weighted by molar-refractivity contribution is 7.98. The van der Waals surface area contributed by atoms with Gasteiger partial charge in [-0.1, -0.05) is 24.3 Å². The smallest absolute Gasteiger partial charge is 0.326 e. The summed E-state index contributed by atoms with van der Waals surface area (Å²) in [6.45, 7) is 1.34. The molecule has 0 radical (unpaired) electrons. The van der Waals surface area contributed by atoms with Crippen molar-refractivity contribution in [2.45, 2.75) is 31.7 Å². The second-order valence-corrected chi connectivity index (χ2v) is 5.51. The van der Waals surface area contributed by atoms with Gasteiger partial charge in [-0.3, -0.25) is 4.79 Å². The molecule has 0 aliphatic rings. The summed E-state index contributed by atoms with van der Waals surface area (Å²) in [6, 6.07) is 6.81. The molecule has 1 unspecified atom stereocenters. The molecule has 1 atom stereocenters. The van der Waals surface area contributed by atoms with Crippen molar-refractivity contribution in [2.24, 2.45) is 0 Å². The predicted octanol–water partition coefficient (Wildman–Crippen LogP) is 1.39. The molecule has 1 aromatic rings. The SMILES string of the molecule is CC(=O)NC(CCSCc1ccc(CO)cc1)C(=O)O. The quantitative estimate of drug-likeness (QED) is 0.631. The lowest BCUT2D eigenvalue weighted by Gasteiger charge is -2.12. The Labute approximate surface area is 122 Å². The number of carboxylic acids is 1. The third-order valence-electron chi connectivity index (χ3n) is 2.70. The Morgan fingerprint density at radius 2 is 1.85 bits per heavy atom. The Morgan fingerprint density at radius 1 is 1.25 bits per heavy atom. The first kappa shape index (κ1) is 16.5. The van der Waals surface area contributed by atoms with Crippen LogP contribution < -0.4 is 5.32 Å².